The van der Waals surface area contributed by atoms with Crippen LogP contribution in [0.5, 0.6) is 0 Å². The normalized spacial score (nSPS) is 16.3. The first-order valence-corrected chi connectivity index (χ1v) is 7.68. The van der Waals surface area contributed by atoms with Gasteiger partial charge in [-0.15, -0.1) is 0 Å². The van der Waals surface area contributed by atoms with Crippen molar-refractivity contribution >= 4 is 11.6 Å². The van der Waals surface area contributed by atoms with Crippen molar-refractivity contribution in [2.24, 2.45) is 5.92 Å². The number of hydrogen-bond donors (Lipinski definition) is 2. The third kappa shape index (κ3) is 5.05. The largest absolute Gasteiger partial charge is 0.369 e. The van der Waals surface area contributed by atoms with Gasteiger partial charge in [-0.25, -0.2) is 4.98 Å². The molecular weight excluding hydrogens is 236 g/mol. The van der Waals surface area contributed by atoms with Crippen molar-refractivity contribution < 1.29 is 0 Å². The first kappa shape index (κ1) is 14.1. The predicted octanol–water partition coefficient (Wildman–Crippen LogP) is 3.68. The Kier molecular flexibility index (Phi) is 5.92. The van der Waals surface area contributed by atoms with Crippen molar-refractivity contribution in [2.45, 2.75) is 51.9 Å². The maximum Gasteiger partial charge on any atom is 0.146 e. The minimum absolute atomic E-state index is 0.865. The van der Waals surface area contributed by atoms with Crippen molar-refractivity contribution in [1.29, 1.82) is 0 Å². The van der Waals surface area contributed by atoms with E-state index in [1.54, 1.807) is 12.4 Å². The molecule has 1 fully saturated rings. The van der Waals surface area contributed by atoms with E-state index < -0.39 is 0 Å². The van der Waals surface area contributed by atoms with Gasteiger partial charge in [-0.2, -0.15) is 0 Å². The smallest absolute Gasteiger partial charge is 0.146 e. The molecule has 2 rings (SSSR count). The molecule has 0 amide bonds. The summed E-state index contributed by atoms with van der Waals surface area (Å²) in [5.41, 5.74) is 0. The molecular formula is C15H26N4. The number of nitrogens with zero attached hydrogens (tertiary/aromatic N) is 2. The Hall–Kier alpha value is -1.32. The van der Waals surface area contributed by atoms with E-state index in [9.17, 15) is 0 Å². The summed E-state index contributed by atoms with van der Waals surface area (Å²) in [7, 11) is 0. The SMILES string of the molecule is CCCNc1cncc(NCCC2CCCCC2)n1. The van der Waals surface area contributed by atoms with Gasteiger partial charge in [0.15, 0.2) is 0 Å². The molecule has 4 heteroatoms. The third-order valence-electron chi connectivity index (χ3n) is 3.77. The summed E-state index contributed by atoms with van der Waals surface area (Å²) in [6.07, 6.45) is 13.0. The van der Waals surface area contributed by atoms with Crippen molar-refractivity contribution in [2.75, 3.05) is 23.7 Å². The van der Waals surface area contributed by atoms with Gasteiger partial charge in [-0.3, -0.25) is 4.98 Å². The summed E-state index contributed by atoms with van der Waals surface area (Å²) < 4.78 is 0. The molecule has 0 radical (unpaired) electrons. The van der Waals surface area contributed by atoms with Gasteiger partial charge in [0.2, 0.25) is 0 Å². The van der Waals surface area contributed by atoms with Crippen LogP contribution in [-0.2, 0) is 0 Å². The Labute approximate surface area is 116 Å². The van der Waals surface area contributed by atoms with Crippen LogP contribution in [0.25, 0.3) is 0 Å². The molecule has 19 heavy (non-hydrogen) atoms. The first-order valence-electron chi connectivity index (χ1n) is 7.68. The third-order valence-corrected chi connectivity index (χ3v) is 3.77. The lowest BCUT2D eigenvalue weighted by atomic mass is 9.87. The number of nitrogens with one attached hydrogen (secondary N) is 2. The lowest BCUT2D eigenvalue weighted by Crippen LogP contribution is -2.13. The van der Waals surface area contributed by atoms with Crippen LogP contribution in [0.2, 0.25) is 0 Å². The second kappa shape index (κ2) is 7.97. The lowest BCUT2D eigenvalue weighted by molar-refractivity contribution is 0.345. The van der Waals surface area contributed by atoms with Crippen LogP contribution in [0.15, 0.2) is 12.4 Å². The topological polar surface area (TPSA) is 49.8 Å². The molecule has 0 atom stereocenters. The Balaban J connectivity index is 1.72. The number of rotatable bonds is 7. The summed E-state index contributed by atoms with van der Waals surface area (Å²) in [4.78, 5) is 8.72. The lowest BCUT2D eigenvalue weighted by Gasteiger charge is -2.21. The van der Waals surface area contributed by atoms with Crippen LogP contribution in [0.4, 0.5) is 11.6 Å². The average Bonchev–Trinajstić information content (AvgIpc) is 2.47. The molecule has 2 N–H and O–H groups in total. The molecule has 1 aliphatic carbocycles. The molecule has 0 aromatic carbocycles. The van der Waals surface area contributed by atoms with Crippen molar-refractivity contribution in [3.8, 4) is 0 Å². The molecule has 1 aromatic heterocycles. The molecule has 1 aliphatic rings. The standard InChI is InChI=1S/C15H26N4/c1-2-9-17-14-11-16-12-15(19-14)18-10-8-13-6-4-3-5-7-13/h11-13H,2-10H2,1H3,(H2,17,18,19). The number of hydrogen-bond acceptors (Lipinski definition) is 4. The van der Waals surface area contributed by atoms with Gasteiger partial charge in [0, 0.05) is 13.1 Å². The zero-order valence-electron chi connectivity index (χ0n) is 12.0. The van der Waals surface area contributed by atoms with Gasteiger partial charge in [0.05, 0.1) is 12.4 Å². The zero-order valence-corrected chi connectivity index (χ0v) is 12.0. The molecule has 0 saturated heterocycles. The summed E-state index contributed by atoms with van der Waals surface area (Å²) in [5.74, 6) is 2.66. The second-order valence-corrected chi connectivity index (χ2v) is 5.44. The first-order chi connectivity index (χ1) is 9.38. The maximum absolute atomic E-state index is 4.51. The van der Waals surface area contributed by atoms with Crippen molar-refractivity contribution in [3.05, 3.63) is 12.4 Å². The monoisotopic (exact) mass is 262 g/mol. The van der Waals surface area contributed by atoms with Gasteiger partial charge in [-0.1, -0.05) is 39.0 Å². The van der Waals surface area contributed by atoms with Crippen LogP contribution in [0, 0.1) is 5.92 Å². The Morgan fingerprint density at radius 3 is 2.42 bits per heavy atom. The van der Waals surface area contributed by atoms with Crippen LogP contribution in [-0.4, -0.2) is 23.1 Å². The highest BCUT2D eigenvalue weighted by Gasteiger charge is 2.12. The van der Waals surface area contributed by atoms with E-state index in [0.29, 0.717) is 0 Å². The van der Waals surface area contributed by atoms with E-state index in [-0.39, 0.29) is 0 Å². The van der Waals surface area contributed by atoms with Crippen LogP contribution in [0.3, 0.4) is 0 Å². The number of anilines is 2. The molecule has 4 nitrogen and oxygen atoms in total. The van der Waals surface area contributed by atoms with E-state index in [1.165, 1.54) is 38.5 Å². The fourth-order valence-corrected chi connectivity index (χ4v) is 2.67. The van der Waals surface area contributed by atoms with Gasteiger partial charge < -0.3 is 10.6 Å². The quantitative estimate of drug-likeness (QED) is 0.787. The van der Waals surface area contributed by atoms with E-state index >= 15 is 0 Å². The van der Waals surface area contributed by atoms with E-state index in [1.807, 2.05) is 0 Å². The minimum Gasteiger partial charge on any atom is -0.369 e. The summed E-state index contributed by atoms with van der Waals surface area (Å²) in [5, 5.41) is 6.66. The highest BCUT2D eigenvalue weighted by atomic mass is 15.1. The summed E-state index contributed by atoms with van der Waals surface area (Å²) in [6, 6.07) is 0. The Morgan fingerprint density at radius 2 is 1.74 bits per heavy atom. The van der Waals surface area contributed by atoms with Gasteiger partial charge in [0.25, 0.3) is 0 Å². The van der Waals surface area contributed by atoms with Crippen molar-refractivity contribution in [1.82, 2.24) is 9.97 Å². The molecule has 1 aromatic rings. The fourth-order valence-electron chi connectivity index (χ4n) is 2.67. The van der Waals surface area contributed by atoms with E-state index in [2.05, 4.69) is 27.5 Å². The minimum atomic E-state index is 0.865. The fraction of sp³-hybridized carbons (Fsp3) is 0.733. The van der Waals surface area contributed by atoms with Gasteiger partial charge in [-0.05, 0) is 18.8 Å². The Morgan fingerprint density at radius 1 is 1.05 bits per heavy atom. The molecule has 0 bridgehead atoms. The van der Waals surface area contributed by atoms with Crippen LogP contribution < -0.4 is 10.6 Å². The molecule has 1 heterocycles. The molecule has 0 aliphatic heterocycles. The highest BCUT2D eigenvalue weighted by Crippen LogP contribution is 2.26. The molecule has 0 spiro atoms. The molecule has 106 valence electrons. The predicted molar refractivity (Wildman–Crippen MR) is 80.5 cm³/mol. The highest BCUT2D eigenvalue weighted by molar-refractivity contribution is 5.41. The maximum atomic E-state index is 4.51. The van der Waals surface area contributed by atoms with E-state index in [4.69, 9.17) is 0 Å². The molecule has 1 saturated carbocycles. The molecule has 0 unspecified atom stereocenters. The van der Waals surface area contributed by atoms with Gasteiger partial charge >= 0.3 is 0 Å². The van der Waals surface area contributed by atoms with E-state index in [0.717, 1.165) is 37.1 Å². The van der Waals surface area contributed by atoms with Crippen LogP contribution >= 0.6 is 0 Å². The van der Waals surface area contributed by atoms with Crippen LogP contribution in [0.1, 0.15) is 51.9 Å². The zero-order chi connectivity index (χ0) is 13.3. The number of aromatic nitrogens is 2. The second-order valence-electron chi connectivity index (χ2n) is 5.44. The average molecular weight is 262 g/mol. The van der Waals surface area contributed by atoms with Crippen molar-refractivity contribution in [3.63, 3.8) is 0 Å². The Bertz CT molecular complexity index is 361. The summed E-state index contributed by atoms with van der Waals surface area (Å²) >= 11 is 0. The van der Waals surface area contributed by atoms with Gasteiger partial charge in [0.1, 0.15) is 11.6 Å². The summed E-state index contributed by atoms with van der Waals surface area (Å²) in [6.45, 7) is 4.10.